The molecule has 1 rings (SSSR count). The van der Waals surface area contributed by atoms with E-state index in [0.717, 1.165) is 64.2 Å². The second kappa shape index (κ2) is 8.28. The third kappa shape index (κ3) is 5.51. The maximum Gasteiger partial charge on any atom is 0.309 e. The fraction of sp³-hybridized carbons (Fsp3) is 0.875. The average Bonchev–Trinajstić information content (AvgIpc) is 2.37. The molecular weight excluding hydrogens is 256 g/mol. The summed E-state index contributed by atoms with van der Waals surface area (Å²) >= 11 is 0. The Morgan fingerprint density at radius 1 is 1.10 bits per heavy atom. The van der Waals surface area contributed by atoms with Crippen LogP contribution in [0.4, 0.5) is 0 Å². The highest BCUT2D eigenvalue weighted by Gasteiger charge is 2.40. The summed E-state index contributed by atoms with van der Waals surface area (Å²) in [6.45, 7) is 2.16. The number of carboxylic acid groups (broad SMARTS) is 2. The van der Waals surface area contributed by atoms with Gasteiger partial charge in [0.2, 0.25) is 0 Å². The normalized spacial score (nSPS) is 26.4. The molecule has 0 saturated heterocycles. The van der Waals surface area contributed by atoms with E-state index in [1.165, 1.54) is 0 Å². The van der Waals surface area contributed by atoms with Crippen LogP contribution in [0.15, 0.2) is 0 Å². The molecule has 4 heteroatoms. The topological polar surface area (TPSA) is 74.6 Å². The van der Waals surface area contributed by atoms with Crippen molar-refractivity contribution in [1.82, 2.24) is 0 Å². The first-order chi connectivity index (χ1) is 9.46. The first-order valence-corrected chi connectivity index (χ1v) is 7.91. The molecule has 0 aromatic carbocycles. The Morgan fingerprint density at radius 2 is 1.75 bits per heavy atom. The van der Waals surface area contributed by atoms with E-state index in [1.54, 1.807) is 0 Å². The summed E-state index contributed by atoms with van der Waals surface area (Å²) in [7, 11) is 0. The van der Waals surface area contributed by atoms with E-state index in [9.17, 15) is 14.7 Å². The van der Waals surface area contributed by atoms with E-state index in [2.05, 4.69) is 6.92 Å². The van der Waals surface area contributed by atoms with Crippen LogP contribution in [0.2, 0.25) is 0 Å². The molecule has 0 radical (unpaired) electrons. The molecule has 20 heavy (non-hydrogen) atoms. The lowest BCUT2D eigenvalue weighted by Crippen LogP contribution is -2.35. The lowest BCUT2D eigenvalue weighted by Gasteiger charge is -2.36. The van der Waals surface area contributed by atoms with Crippen molar-refractivity contribution in [3.8, 4) is 0 Å². The van der Waals surface area contributed by atoms with Crippen LogP contribution < -0.4 is 0 Å². The highest BCUT2D eigenvalue weighted by Crippen LogP contribution is 2.43. The van der Waals surface area contributed by atoms with Crippen LogP contribution in [0.1, 0.15) is 77.6 Å². The van der Waals surface area contributed by atoms with Gasteiger partial charge in [-0.15, -0.1) is 0 Å². The molecule has 4 nitrogen and oxygen atoms in total. The molecule has 0 amide bonds. The number of aliphatic carboxylic acids is 2. The minimum Gasteiger partial charge on any atom is -0.481 e. The van der Waals surface area contributed by atoms with E-state index in [1.807, 2.05) is 0 Å². The van der Waals surface area contributed by atoms with Crippen LogP contribution in [-0.2, 0) is 9.59 Å². The number of rotatable bonds is 9. The Balaban J connectivity index is 2.23. The summed E-state index contributed by atoms with van der Waals surface area (Å²) in [5, 5.41) is 18.1. The molecule has 2 atom stereocenters. The van der Waals surface area contributed by atoms with Crippen LogP contribution in [0.5, 0.6) is 0 Å². The molecule has 2 N–H and O–H groups in total. The van der Waals surface area contributed by atoms with Crippen LogP contribution in [0.25, 0.3) is 0 Å². The van der Waals surface area contributed by atoms with Gasteiger partial charge in [0.1, 0.15) is 0 Å². The van der Waals surface area contributed by atoms with Crippen LogP contribution in [-0.4, -0.2) is 22.2 Å². The zero-order valence-corrected chi connectivity index (χ0v) is 12.6. The fourth-order valence-electron chi connectivity index (χ4n) is 3.46. The van der Waals surface area contributed by atoms with Gasteiger partial charge < -0.3 is 10.2 Å². The first kappa shape index (κ1) is 17.0. The smallest absolute Gasteiger partial charge is 0.309 e. The summed E-state index contributed by atoms with van der Waals surface area (Å²) in [4.78, 5) is 22.0. The van der Waals surface area contributed by atoms with Gasteiger partial charge in [0.15, 0.2) is 0 Å². The average molecular weight is 284 g/mol. The predicted molar refractivity (Wildman–Crippen MR) is 77.7 cm³/mol. The number of unbranched alkanes of at least 4 members (excludes halogenated alkanes) is 4. The molecular formula is C16H28O4. The molecule has 0 aliphatic heterocycles. The quantitative estimate of drug-likeness (QED) is 0.625. The summed E-state index contributed by atoms with van der Waals surface area (Å²) in [5.41, 5.74) is -0.487. The summed E-state index contributed by atoms with van der Waals surface area (Å²) in [5.74, 6) is -0.823. The van der Waals surface area contributed by atoms with Crippen LogP contribution in [0, 0.1) is 11.3 Å². The Morgan fingerprint density at radius 3 is 2.35 bits per heavy atom. The third-order valence-corrected chi connectivity index (χ3v) is 4.59. The third-order valence-electron chi connectivity index (χ3n) is 4.59. The van der Waals surface area contributed by atoms with Gasteiger partial charge in [0.05, 0.1) is 5.41 Å². The molecule has 0 spiro atoms. The van der Waals surface area contributed by atoms with E-state index in [-0.39, 0.29) is 6.42 Å². The SMILES string of the molecule is CC1CCCC(CCCCCCCC(=O)O)(C(=O)O)C1. The van der Waals surface area contributed by atoms with E-state index < -0.39 is 17.4 Å². The summed E-state index contributed by atoms with van der Waals surface area (Å²) in [6, 6.07) is 0. The molecule has 2 unspecified atom stereocenters. The molecule has 0 aromatic heterocycles. The summed E-state index contributed by atoms with van der Waals surface area (Å²) < 4.78 is 0. The van der Waals surface area contributed by atoms with Gasteiger partial charge >= 0.3 is 11.9 Å². The zero-order chi connectivity index (χ0) is 15.0. The van der Waals surface area contributed by atoms with Gasteiger partial charge in [0.25, 0.3) is 0 Å². The largest absolute Gasteiger partial charge is 0.481 e. The number of carboxylic acids is 2. The van der Waals surface area contributed by atoms with Crippen molar-refractivity contribution in [3.05, 3.63) is 0 Å². The van der Waals surface area contributed by atoms with E-state index in [4.69, 9.17) is 5.11 Å². The lowest BCUT2D eigenvalue weighted by molar-refractivity contribution is -0.152. The highest BCUT2D eigenvalue weighted by molar-refractivity contribution is 5.74. The van der Waals surface area contributed by atoms with Crippen molar-refractivity contribution in [1.29, 1.82) is 0 Å². The fourth-order valence-corrected chi connectivity index (χ4v) is 3.46. The van der Waals surface area contributed by atoms with Crippen molar-refractivity contribution in [3.63, 3.8) is 0 Å². The van der Waals surface area contributed by atoms with Crippen molar-refractivity contribution in [2.24, 2.45) is 11.3 Å². The molecule has 1 aliphatic carbocycles. The van der Waals surface area contributed by atoms with Crippen molar-refractivity contribution in [2.75, 3.05) is 0 Å². The molecule has 0 aromatic rings. The highest BCUT2D eigenvalue weighted by atomic mass is 16.4. The molecule has 0 heterocycles. The van der Waals surface area contributed by atoms with Crippen molar-refractivity contribution >= 4 is 11.9 Å². The maximum absolute atomic E-state index is 11.6. The van der Waals surface area contributed by atoms with Crippen LogP contribution in [0.3, 0.4) is 0 Å². The van der Waals surface area contributed by atoms with Gasteiger partial charge in [-0.3, -0.25) is 9.59 Å². The number of hydrogen-bond donors (Lipinski definition) is 2. The van der Waals surface area contributed by atoms with Gasteiger partial charge in [-0.1, -0.05) is 45.4 Å². The molecule has 116 valence electrons. The predicted octanol–water partition coefficient (Wildman–Crippen LogP) is 4.08. The number of hydrogen-bond acceptors (Lipinski definition) is 2. The van der Waals surface area contributed by atoms with Crippen molar-refractivity contribution < 1.29 is 19.8 Å². The Kier molecular flexibility index (Phi) is 7.03. The minimum atomic E-state index is -0.731. The molecule has 1 fully saturated rings. The standard InChI is InChI=1S/C16H28O4/c1-13-8-7-11-16(12-13,15(19)20)10-6-4-2-3-5-9-14(17)18/h13H,2-12H2,1H3,(H,17,18)(H,19,20). The summed E-state index contributed by atoms with van der Waals surface area (Å²) in [6.07, 6.45) is 9.51. The maximum atomic E-state index is 11.6. The number of carbonyl (C=O) groups is 2. The van der Waals surface area contributed by atoms with E-state index in [0.29, 0.717) is 5.92 Å². The monoisotopic (exact) mass is 284 g/mol. The van der Waals surface area contributed by atoms with Gasteiger partial charge in [0, 0.05) is 6.42 Å². The zero-order valence-electron chi connectivity index (χ0n) is 12.6. The Bertz CT molecular complexity index is 326. The van der Waals surface area contributed by atoms with E-state index >= 15 is 0 Å². The molecule has 0 bridgehead atoms. The lowest BCUT2D eigenvalue weighted by atomic mass is 9.67. The van der Waals surface area contributed by atoms with Crippen molar-refractivity contribution in [2.45, 2.75) is 77.6 Å². The molecule has 1 saturated carbocycles. The minimum absolute atomic E-state index is 0.247. The van der Waals surface area contributed by atoms with Gasteiger partial charge in [-0.05, 0) is 31.6 Å². The second-order valence-corrected chi connectivity index (χ2v) is 6.45. The van der Waals surface area contributed by atoms with Crippen LogP contribution >= 0.6 is 0 Å². The second-order valence-electron chi connectivity index (χ2n) is 6.45. The van der Waals surface area contributed by atoms with Gasteiger partial charge in [-0.2, -0.15) is 0 Å². The Hall–Kier alpha value is -1.06. The first-order valence-electron chi connectivity index (χ1n) is 7.91. The molecule has 1 aliphatic rings. The Labute approximate surface area is 121 Å². The van der Waals surface area contributed by atoms with Gasteiger partial charge in [-0.25, -0.2) is 0 Å².